The van der Waals surface area contributed by atoms with Crippen LogP contribution in [0.1, 0.15) is 5.69 Å². The summed E-state index contributed by atoms with van der Waals surface area (Å²) in [4.78, 5) is 13.0. The van der Waals surface area contributed by atoms with Gasteiger partial charge in [0, 0.05) is 18.8 Å². The van der Waals surface area contributed by atoms with Crippen molar-refractivity contribution in [2.75, 3.05) is 0 Å². The van der Waals surface area contributed by atoms with Crippen LogP contribution in [0.3, 0.4) is 0 Å². The van der Waals surface area contributed by atoms with Crippen LogP contribution in [-0.2, 0) is 6.54 Å². The second kappa shape index (κ2) is 4.31. The minimum Gasteiger partial charge on any atom is -0.398 e. The quantitative estimate of drug-likeness (QED) is 0.632. The van der Waals surface area contributed by atoms with Crippen LogP contribution in [0, 0.1) is 10.1 Å². The highest BCUT2D eigenvalue weighted by atomic mass is 19.4. The van der Waals surface area contributed by atoms with Gasteiger partial charge in [-0.1, -0.05) is 0 Å². The van der Waals surface area contributed by atoms with Crippen molar-refractivity contribution in [2.45, 2.75) is 12.9 Å². The maximum Gasteiger partial charge on any atom is 0.573 e. The molecule has 0 aliphatic carbocycles. The first-order valence-corrected chi connectivity index (χ1v) is 3.93. The molecule has 0 amide bonds. The predicted molar refractivity (Wildman–Crippen MR) is 45.5 cm³/mol. The molecule has 1 aromatic rings. The molecule has 16 heavy (non-hydrogen) atoms. The lowest BCUT2D eigenvalue weighted by atomic mass is 10.3. The molecule has 2 N–H and O–H groups in total. The molecular weight excluding hydrogens is 231 g/mol. The summed E-state index contributed by atoms with van der Waals surface area (Å²) in [5.74, 6) is -0.923. The minimum atomic E-state index is -5.00. The molecule has 0 radical (unpaired) electrons. The van der Waals surface area contributed by atoms with Crippen LogP contribution >= 0.6 is 0 Å². The lowest BCUT2D eigenvalue weighted by Gasteiger charge is -2.09. The molecule has 9 heteroatoms. The number of nitrogens with two attached hydrogens (primary N) is 1. The Morgan fingerprint density at radius 1 is 1.56 bits per heavy atom. The van der Waals surface area contributed by atoms with Gasteiger partial charge >= 0.3 is 12.0 Å². The van der Waals surface area contributed by atoms with Crippen molar-refractivity contribution in [1.29, 1.82) is 0 Å². The van der Waals surface area contributed by atoms with Crippen LogP contribution in [0.15, 0.2) is 12.3 Å². The molecular formula is C7H6F3N3O3. The lowest BCUT2D eigenvalue weighted by Crippen LogP contribution is -2.19. The van der Waals surface area contributed by atoms with Crippen molar-refractivity contribution in [3.05, 3.63) is 28.1 Å². The Labute approximate surface area is 87.0 Å². The number of halogens is 3. The van der Waals surface area contributed by atoms with Crippen molar-refractivity contribution in [1.82, 2.24) is 4.98 Å². The van der Waals surface area contributed by atoms with E-state index in [1.807, 2.05) is 0 Å². The van der Waals surface area contributed by atoms with Gasteiger partial charge in [0.2, 0.25) is 5.75 Å². The van der Waals surface area contributed by atoms with Gasteiger partial charge in [0.05, 0.1) is 4.92 Å². The second-order valence-corrected chi connectivity index (χ2v) is 2.61. The summed E-state index contributed by atoms with van der Waals surface area (Å²) < 4.78 is 39.3. The first kappa shape index (κ1) is 12.2. The summed E-state index contributed by atoms with van der Waals surface area (Å²) in [5, 5.41) is 10.5. The zero-order valence-electron chi connectivity index (χ0n) is 7.69. The number of rotatable bonds is 3. The molecule has 1 aromatic heterocycles. The highest BCUT2D eigenvalue weighted by Crippen LogP contribution is 2.33. The third kappa shape index (κ3) is 2.79. The van der Waals surface area contributed by atoms with E-state index in [1.54, 1.807) is 0 Å². The molecule has 0 fully saturated rings. The summed E-state index contributed by atoms with van der Waals surface area (Å²) in [5.41, 5.74) is 3.97. The van der Waals surface area contributed by atoms with Gasteiger partial charge < -0.3 is 10.5 Å². The minimum absolute atomic E-state index is 0.272. The van der Waals surface area contributed by atoms with Gasteiger partial charge in [-0.3, -0.25) is 15.1 Å². The Morgan fingerprint density at radius 2 is 2.19 bits per heavy atom. The summed E-state index contributed by atoms with van der Waals surface area (Å²) >= 11 is 0. The molecule has 1 rings (SSSR count). The summed E-state index contributed by atoms with van der Waals surface area (Å²) in [7, 11) is 0. The molecule has 0 aromatic carbocycles. The maximum absolute atomic E-state index is 11.9. The van der Waals surface area contributed by atoms with Crippen molar-refractivity contribution in [2.24, 2.45) is 5.73 Å². The van der Waals surface area contributed by atoms with Gasteiger partial charge in [-0.2, -0.15) is 0 Å². The van der Waals surface area contributed by atoms with Crippen molar-refractivity contribution in [3.63, 3.8) is 0 Å². The molecule has 6 nitrogen and oxygen atoms in total. The summed E-state index contributed by atoms with van der Waals surface area (Å²) in [6, 6.07) is 0.755. The van der Waals surface area contributed by atoms with E-state index >= 15 is 0 Å². The smallest absolute Gasteiger partial charge is 0.398 e. The largest absolute Gasteiger partial charge is 0.573 e. The predicted octanol–water partition coefficient (Wildman–Crippen LogP) is 1.35. The second-order valence-electron chi connectivity index (χ2n) is 2.61. The highest BCUT2D eigenvalue weighted by molar-refractivity contribution is 5.49. The molecule has 0 unspecified atom stereocenters. The van der Waals surface area contributed by atoms with E-state index in [2.05, 4.69) is 9.72 Å². The fourth-order valence-corrected chi connectivity index (χ4v) is 1.03. The number of pyridine rings is 1. The molecule has 0 saturated heterocycles. The third-order valence-corrected chi connectivity index (χ3v) is 1.56. The number of nitro groups is 1. The maximum atomic E-state index is 11.9. The topological polar surface area (TPSA) is 91.3 Å². The van der Waals surface area contributed by atoms with Crippen LogP contribution in [0.25, 0.3) is 0 Å². The Balaban J connectivity index is 3.22. The molecule has 0 aliphatic heterocycles. The van der Waals surface area contributed by atoms with E-state index < -0.39 is 22.7 Å². The summed E-state index contributed by atoms with van der Waals surface area (Å²) in [6.07, 6.45) is -4.05. The van der Waals surface area contributed by atoms with Gasteiger partial charge in [-0.25, -0.2) is 0 Å². The number of ether oxygens (including phenoxy) is 1. The van der Waals surface area contributed by atoms with E-state index in [0.29, 0.717) is 0 Å². The van der Waals surface area contributed by atoms with E-state index in [4.69, 9.17) is 5.73 Å². The van der Waals surface area contributed by atoms with E-state index in [1.165, 1.54) is 0 Å². The molecule has 0 atom stereocenters. The fraction of sp³-hybridized carbons (Fsp3) is 0.286. The molecule has 0 bridgehead atoms. The Bertz CT molecular complexity index is 408. The number of nitrogens with zero attached hydrogens (tertiary/aromatic N) is 2. The number of hydrogen-bond acceptors (Lipinski definition) is 5. The molecule has 88 valence electrons. The Hall–Kier alpha value is -1.90. The normalized spacial score (nSPS) is 11.2. The molecule has 1 heterocycles. The van der Waals surface area contributed by atoms with E-state index in [-0.39, 0.29) is 12.2 Å². The van der Waals surface area contributed by atoms with Crippen LogP contribution in [-0.4, -0.2) is 16.3 Å². The zero-order chi connectivity index (χ0) is 12.3. The molecule has 0 saturated carbocycles. The van der Waals surface area contributed by atoms with Gasteiger partial charge in [-0.15, -0.1) is 13.2 Å². The highest BCUT2D eigenvalue weighted by Gasteiger charge is 2.35. The zero-order valence-corrected chi connectivity index (χ0v) is 7.69. The number of aromatic nitrogens is 1. The van der Waals surface area contributed by atoms with Gasteiger partial charge in [0.25, 0.3) is 0 Å². The average molecular weight is 237 g/mol. The van der Waals surface area contributed by atoms with Crippen LogP contribution in [0.2, 0.25) is 0 Å². The van der Waals surface area contributed by atoms with E-state index in [9.17, 15) is 23.3 Å². The Kier molecular flexibility index (Phi) is 3.28. The number of alkyl halides is 3. The molecule has 0 spiro atoms. The number of hydrogen-bond donors (Lipinski definition) is 1. The van der Waals surface area contributed by atoms with Gasteiger partial charge in [0.15, 0.2) is 0 Å². The van der Waals surface area contributed by atoms with Crippen LogP contribution in [0.4, 0.5) is 18.9 Å². The van der Waals surface area contributed by atoms with Crippen LogP contribution < -0.4 is 10.5 Å². The molecule has 0 aliphatic rings. The first-order valence-electron chi connectivity index (χ1n) is 3.93. The van der Waals surface area contributed by atoms with E-state index in [0.717, 1.165) is 12.3 Å². The SMILES string of the molecule is NCc1nccc(OC(F)(F)F)c1[N+](=O)[O-]. The summed E-state index contributed by atoms with van der Waals surface area (Å²) in [6.45, 7) is -0.356. The average Bonchev–Trinajstić information content (AvgIpc) is 2.14. The fourth-order valence-electron chi connectivity index (χ4n) is 1.03. The van der Waals surface area contributed by atoms with Crippen molar-refractivity contribution < 1.29 is 22.8 Å². The van der Waals surface area contributed by atoms with Gasteiger partial charge in [0.1, 0.15) is 5.69 Å². The third-order valence-electron chi connectivity index (χ3n) is 1.56. The first-order chi connectivity index (χ1) is 7.35. The standard InChI is InChI=1S/C7H6F3N3O3/c8-7(9,10)16-5-1-2-12-4(3-11)6(5)13(14)15/h1-2H,3,11H2. The lowest BCUT2D eigenvalue weighted by molar-refractivity contribution is -0.389. The van der Waals surface area contributed by atoms with Gasteiger partial charge in [-0.05, 0) is 0 Å². The van der Waals surface area contributed by atoms with Crippen LogP contribution in [0.5, 0.6) is 5.75 Å². The monoisotopic (exact) mass is 237 g/mol. The van der Waals surface area contributed by atoms with Crippen molar-refractivity contribution >= 4 is 5.69 Å². The Morgan fingerprint density at radius 3 is 2.62 bits per heavy atom. The van der Waals surface area contributed by atoms with Crippen molar-refractivity contribution in [3.8, 4) is 5.75 Å².